The second-order valence-electron chi connectivity index (χ2n) is 7.44. The van der Waals surface area contributed by atoms with Crippen molar-refractivity contribution in [2.75, 3.05) is 26.6 Å². The maximum absolute atomic E-state index is 13.5. The Bertz CT molecular complexity index is 1440. The van der Waals surface area contributed by atoms with Crippen molar-refractivity contribution in [1.29, 1.82) is 0 Å². The van der Waals surface area contributed by atoms with Crippen molar-refractivity contribution in [3.8, 4) is 22.6 Å². The number of amides is 1. The number of methoxy groups -OCH3 is 3. The first-order valence-electron chi connectivity index (χ1n) is 10.4. The number of anilines is 1. The van der Waals surface area contributed by atoms with Gasteiger partial charge in [-0.1, -0.05) is 18.2 Å². The number of nitrogens with one attached hydrogen (secondary N) is 1. The molecule has 0 fully saturated rings. The van der Waals surface area contributed by atoms with Gasteiger partial charge in [0.15, 0.2) is 11.5 Å². The molecule has 8 nitrogen and oxygen atoms in total. The molecule has 0 spiro atoms. The van der Waals surface area contributed by atoms with E-state index in [1.165, 1.54) is 57.7 Å². The molecule has 35 heavy (non-hydrogen) atoms. The summed E-state index contributed by atoms with van der Waals surface area (Å²) in [4.78, 5) is 38.9. The fraction of sp³-hybridized carbons (Fsp3) is 0.115. The number of benzene rings is 2. The molecule has 0 saturated carbocycles. The molecule has 2 aromatic heterocycles. The van der Waals surface area contributed by atoms with E-state index in [-0.39, 0.29) is 28.4 Å². The molecule has 0 aliphatic rings. The first-order chi connectivity index (χ1) is 16.9. The Hall–Kier alpha value is -4.66. The van der Waals surface area contributed by atoms with Gasteiger partial charge in [0, 0.05) is 29.4 Å². The van der Waals surface area contributed by atoms with Crippen LogP contribution in [0.15, 0.2) is 66.9 Å². The molecule has 4 aromatic rings. The number of hydrogen-bond acceptors (Lipinski definition) is 6. The number of ketones is 1. The molecule has 0 unspecified atom stereocenters. The van der Waals surface area contributed by atoms with E-state index < -0.39 is 23.5 Å². The Morgan fingerprint density at radius 1 is 0.886 bits per heavy atom. The topological polar surface area (TPSA) is 95.3 Å². The molecular formula is C26H21FN2O6. The molecule has 2 heterocycles. The summed E-state index contributed by atoms with van der Waals surface area (Å²) in [6, 6.07) is 15.4. The average molecular weight is 476 g/mol. The number of ether oxygens (including phenoxy) is 3. The van der Waals surface area contributed by atoms with Gasteiger partial charge in [-0.3, -0.25) is 9.59 Å². The lowest BCUT2D eigenvalue weighted by Gasteiger charge is -2.14. The van der Waals surface area contributed by atoms with Gasteiger partial charge < -0.3 is 23.9 Å². The SMILES string of the molecule is COC(=O)c1cc(OC)c(OC)cc1NC(=O)C(=O)c1c(-c2ccc(F)cc2)cc2ccccn12. The lowest BCUT2D eigenvalue weighted by molar-refractivity contribution is -0.112. The first-order valence-corrected chi connectivity index (χ1v) is 10.4. The van der Waals surface area contributed by atoms with Gasteiger partial charge in [-0.25, -0.2) is 9.18 Å². The van der Waals surface area contributed by atoms with Crippen LogP contribution in [-0.2, 0) is 9.53 Å². The van der Waals surface area contributed by atoms with Crippen LogP contribution in [-0.4, -0.2) is 43.4 Å². The number of carbonyl (C=O) groups excluding carboxylic acids is 3. The highest BCUT2D eigenvalue weighted by Crippen LogP contribution is 2.34. The molecule has 0 bridgehead atoms. The van der Waals surface area contributed by atoms with E-state index in [1.54, 1.807) is 34.9 Å². The summed E-state index contributed by atoms with van der Waals surface area (Å²) in [5.74, 6) is -2.53. The summed E-state index contributed by atoms with van der Waals surface area (Å²) in [5.41, 5.74) is 1.76. The van der Waals surface area contributed by atoms with Crippen LogP contribution in [0.3, 0.4) is 0 Å². The quantitative estimate of drug-likeness (QED) is 0.242. The highest BCUT2D eigenvalue weighted by atomic mass is 19.1. The predicted octanol–water partition coefficient (Wildman–Crippen LogP) is 4.37. The molecule has 0 radical (unpaired) electrons. The monoisotopic (exact) mass is 476 g/mol. The number of fused-ring (bicyclic) bond motifs is 1. The van der Waals surface area contributed by atoms with Gasteiger partial charge in [-0.05, 0) is 35.9 Å². The molecule has 1 N–H and O–H groups in total. The molecule has 0 atom stereocenters. The minimum Gasteiger partial charge on any atom is -0.493 e. The highest BCUT2D eigenvalue weighted by molar-refractivity contribution is 6.47. The van der Waals surface area contributed by atoms with E-state index in [9.17, 15) is 18.8 Å². The number of hydrogen-bond donors (Lipinski definition) is 1. The summed E-state index contributed by atoms with van der Waals surface area (Å²) in [6.07, 6.45) is 1.65. The number of rotatable bonds is 7. The average Bonchev–Trinajstić information content (AvgIpc) is 3.27. The van der Waals surface area contributed by atoms with Crippen LogP contribution >= 0.6 is 0 Å². The normalized spacial score (nSPS) is 10.6. The van der Waals surface area contributed by atoms with Crippen molar-refractivity contribution >= 4 is 28.9 Å². The fourth-order valence-electron chi connectivity index (χ4n) is 3.75. The van der Waals surface area contributed by atoms with Gasteiger partial charge in [-0.15, -0.1) is 0 Å². The Labute approximate surface area is 199 Å². The van der Waals surface area contributed by atoms with Crippen LogP contribution in [0, 0.1) is 5.82 Å². The Kier molecular flexibility index (Phi) is 6.50. The maximum Gasteiger partial charge on any atom is 0.340 e. The molecule has 0 aliphatic carbocycles. The van der Waals surface area contributed by atoms with Gasteiger partial charge >= 0.3 is 5.97 Å². The molecular weight excluding hydrogens is 455 g/mol. The number of Topliss-reactive ketones (excluding diaryl/α,β-unsaturated/α-hetero) is 1. The zero-order chi connectivity index (χ0) is 25.1. The third-order valence-corrected chi connectivity index (χ3v) is 5.43. The highest BCUT2D eigenvalue weighted by Gasteiger charge is 2.27. The number of esters is 1. The lowest BCUT2D eigenvalue weighted by Crippen LogP contribution is -2.26. The van der Waals surface area contributed by atoms with Crippen molar-refractivity contribution in [2.24, 2.45) is 0 Å². The summed E-state index contributed by atoms with van der Waals surface area (Å²) < 4.78 is 30.3. The Morgan fingerprint density at radius 2 is 1.57 bits per heavy atom. The summed E-state index contributed by atoms with van der Waals surface area (Å²) >= 11 is 0. The standard InChI is InChI=1S/C26H21FN2O6/c1-33-21-13-19(26(32)35-3)20(14-22(21)34-2)28-25(31)24(30)23-18(15-7-9-16(27)10-8-15)12-17-6-4-5-11-29(17)23/h4-14H,1-3H3,(H,28,31). The minimum atomic E-state index is -0.991. The summed E-state index contributed by atoms with van der Waals surface area (Å²) in [7, 11) is 3.99. The number of aromatic nitrogens is 1. The molecule has 1 amide bonds. The van der Waals surface area contributed by atoms with Crippen LogP contribution in [0.4, 0.5) is 10.1 Å². The summed E-state index contributed by atoms with van der Waals surface area (Å²) in [6.45, 7) is 0. The molecule has 9 heteroatoms. The molecule has 178 valence electrons. The van der Waals surface area contributed by atoms with Gasteiger partial charge in [0.1, 0.15) is 11.5 Å². The van der Waals surface area contributed by atoms with E-state index >= 15 is 0 Å². The Balaban J connectivity index is 1.78. The van der Waals surface area contributed by atoms with Crippen LogP contribution < -0.4 is 14.8 Å². The third kappa shape index (κ3) is 4.43. The first kappa shape index (κ1) is 23.5. The number of pyridine rings is 1. The van der Waals surface area contributed by atoms with Gasteiger partial charge in [-0.2, -0.15) is 0 Å². The number of halogens is 1. The van der Waals surface area contributed by atoms with Gasteiger partial charge in [0.25, 0.3) is 11.7 Å². The van der Waals surface area contributed by atoms with E-state index in [1.807, 2.05) is 0 Å². The van der Waals surface area contributed by atoms with E-state index in [0.29, 0.717) is 16.6 Å². The van der Waals surface area contributed by atoms with Crippen LogP contribution in [0.2, 0.25) is 0 Å². The minimum absolute atomic E-state index is 0.0112. The lowest BCUT2D eigenvalue weighted by atomic mass is 10.0. The number of carbonyl (C=O) groups is 3. The van der Waals surface area contributed by atoms with Crippen molar-refractivity contribution in [1.82, 2.24) is 4.40 Å². The van der Waals surface area contributed by atoms with E-state index in [4.69, 9.17) is 14.2 Å². The van der Waals surface area contributed by atoms with Gasteiger partial charge in [0.2, 0.25) is 0 Å². The summed E-state index contributed by atoms with van der Waals surface area (Å²) in [5, 5.41) is 2.49. The molecule has 0 saturated heterocycles. The van der Waals surface area contributed by atoms with Crippen molar-refractivity contribution in [3.05, 3.63) is 83.9 Å². The largest absolute Gasteiger partial charge is 0.493 e. The molecule has 0 aliphatic heterocycles. The van der Waals surface area contributed by atoms with Crippen LogP contribution in [0.5, 0.6) is 11.5 Å². The van der Waals surface area contributed by atoms with Crippen molar-refractivity contribution < 1.29 is 33.0 Å². The van der Waals surface area contributed by atoms with E-state index in [2.05, 4.69) is 5.32 Å². The van der Waals surface area contributed by atoms with Crippen LogP contribution in [0.25, 0.3) is 16.6 Å². The third-order valence-electron chi connectivity index (χ3n) is 5.43. The van der Waals surface area contributed by atoms with Crippen molar-refractivity contribution in [3.63, 3.8) is 0 Å². The zero-order valence-electron chi connectivity index (χ0n) is 19.1. The molecule has 2 aromatic carbocycles. The predicted molar refractivity (Wildman–Crippen MR) is 127 cm³/mol. The van der Waals surface area contributed by atoms with Gasteiger partial charge in [0.05, 0.1) is 32.6 Å². The second kappa shape index (κ2) is 9.68. The zero-order valence-corrected chi connectivity index (χ0v) is 19.1. The smallest absolute Gasteiger partial charge is 0.340 e. The molecule has 4 rings (SSSR count). The number of nitrogens with zero attached hydrogens (tertiary/aromatic N) is 1. The van der Waals surface area contributed by atoms with E-state index in [0.717, 1.165) is 0 Å². The second-order valence-corrected chi connectivity index (χ2v) is 7.44. The maximum atomic E-state index is 13.5. The fourth-order valence-corrected chi connectivity index (χ4v) is 3.75. The van der Waals surface area contributed by atoms with Crippen LogP contribution in [0.1, 0.15) is 20.8 Å². The Morgan fingerprint density at radius 3 is 2.23 bits per heavy atom. The van der Waals surface area contributed by atoms with Crippen molar-refractivity contribution in [2.45, 2.75) is 0 Å².